The van der Waals surface area contributed by atoms with Gasteiger partial charge in [0, 0.05) is 18.7 Å². The first-order valence-corrected chi connectivity index (χ1v) is 12.5. The number of halogens is 6. The lowest BCUT2D eigenvalue weighted by Gasteiger charge is -2.45. The largest absolute Gasteiger partial charge is 0.417 e. The van der Waals surface area contributed by atoms with Crippen molar-refractivity contribution in [3.8, 4) is 6.07 Å². The van der Waals surface area contributed by atoms with Crippen LogP contribution in [0.2, 0.25) is 0 Å². The number of nitrogens with one attached hydrogen (secondary N) is 1. The third-order valence-corrected chi connectivity index (χ3v) is 7.22. The molecule has 1 saturated heterocycles. The summed E-state index contributed by atoms with van der Waals surface area (Å²) in [5, 5.41) is 22.3. The van der Waals surface area contributed by atoms with Crippen molar-refractivity contribution in [2.75, 3.05) is 18.1 Å². The van der Waals surface area contributed by atoms with Gasteiger partial charge in [-0.2, -0.15) is 22.7 Å². The fraction of sp³-hybridized carbons (Fsp3) is 0.391. The molecule has 0 aliphatic carbocycles. The SMILES string of the molecule is CS(=O)(=O)N1CC(F)C(C(O)(Cc2ccccc2)C(=O)Nc2ccc(C#N)c(C(F)(F)F)c2)C(F)C1F. The van der Waals surface area contributed by atoms with Crippen molar-refractivity contribution in [3.05, 3.63) is 65.2 Å². The number of hydrogen-bond donors (Lipinski definition) is 2. The molecule has 0 saturated carbocycles. The molecule has 0 spiro atoms. The van der Waals surface area contributed by atoms with Crippen LogP contribution in [0.4, 0.5) is 32.0 Å². The van der Waals surface area contributed by atoms with Gasteiger partial charge < -0.3 is 10.4 Å². The Morgan fingerprint density at radius 2 is 1.78 bits per heavy atom. The molecular formula is C23H21F6N3O4S. The number of carbonyl (C=O) groups is 1. The first kappa shape index (κ1) is 28.4. The Kier molecular flexibility index (Phi) is 7.92. The first-order valence-electron chi connectivity index (χ1n) is 10.7. The Balaban J connectivity index is 2.05. The summed E-state index contributed by atoms with van der Waals surface area (Å²) in [4.78, 5) is 13.2. The van der Waals surface area contributed by atoms with Crippen molar-refractivity contribution in [2.45, 2.75) is 36.8 Å². The highest BCUT2D eigenvalue weighted by molar-refractivity contribution is 7.88. The minimum atomic E-state index is -4.99. The number of aliphatic hydroxyl groups is 1. The summed E-state index contributed by atoms with van der Waals surface area (Å²) in [6.07, 6.45) is -13.7. The van der Waals surface area contributed by atoms with E-state index in [2.05, 4.69) is 0 Å². The van der Waals surface area contributed by atoms with Crippen LogP contribution >= 0.6 is 0 Å². The molecular weight excluding hydrogens is 528 g/mol. The Morgan fingerprint density at radius 1 is 1.16 bits per heavy atom. The van der Waals surface area contributed by atoms with Gasteiger partial charge in [0.15, 0.2) is 18.1 Å². The van der Waals surface area contributed by atoms with E-state index in [4.69, 9.17) is 5.26 Å². The summed E-state index contributed by atoms with van der Waals surface area (Å²) in [6, 6.07) is 10.7. The van der Waals surface area contributed by atoms with Crippen LogP contribution in [0.3, 0.4) is 0 Å². The predicted molar refractivity (Wildman–Crippen MR) is 120 cm³/mol. The number of nitriles is 1. The van der Waals surface area contributed by atoms with Crippen molar-refractivity contribution in [1.82, 2.24) is 4.31 Å². The van der Waals surface area contributed by atoms with E-state index in [0.717, 1.165) is 12.1 Å². The lowest BCUT2D eigenvalue weighted by Crippen LogP contribution is -2.65. The summed E-state index contributed by atoms with van der Waals surface area (Å²) < 4.78 is 109. The first-order chi connectivity index (χ1) is 17.1. The van der Waals surface area contributed by atoms with Gasteiger partial charge in [-0.3, -0.25) is 4.79 Å². The zero-order chi connectivity index (χ0) is 27.8. The number of sulfonamides is 1. The van der Waals surface area contributed by atoms with Crippen molar-refractivity contribution < 1.29 is 44.7 Å². The topological polar surface area (TPSA) is 110 Å². The number of anilines is 1. The van der Waals surface area contributed by atoms with Crippen LogP contribution in [-0.2, 0) is 27.4 Å². The molecule has 5 unspecified atom stereocenters. The molecule has 1 aliphatic rings. The number of nitrogens with zero attached hydrogens (tertiary/aromatic N) is 2. The molecule has 1 aliphatic heterocycles. The molecule has 2 aromatic rings. The van der Waals surface area contributed by atoms with E-state index in [1.165, 1.54) is 30.3 Å². The van der Waals surface area contributed by atoms with Gasteiger partial charge in [0.2, 0.25) is 10.0 Å². The van der Waals surface area contributed by atoms with E-state index in [-0.39, 0.29) is 9.87 Å². The average Bonchev–Trinajstić information content (AvgIpc) is 2.80. The second kappa shape index (κ2) is 10.3. The van der Waals surface area contributed by atoms with Crippen LogP contribution in [-0.4, -0.2) is 60.8 Å². The van der Waals surface area contributed by atoms with E-state index in [0.29, 0.717) is 12.3 Å². The maximum absolute atomic E-state index is 15.2. The molecule has 5 atom stereocenters. The lowest BCUT2D eigenvalue weighted by molar-refractivity contribution is -0.163. The Bertz CT molecular complexity index is 1300. The summed E-state index contributed by atoms with van der Waals surface area (Å²) in [5.41, 5.74) is -5.61. The average molecular weight is 549 g/mol. The van der Waals surface area contributed by atoms with Gasteiger partial charge in [0.05, 0.1) is 29.4 Å². The molecule has 14 heteroatoms. The number of alkyl halides is 6. The van der Waals surface area contributed by atoms with E-state index in [1.807, 2.05) is 5.32 Å². The maximum Gasteiger partial charge on any atom is 0.417 e. The smallest absolute Gasteiger partial charge is 0.379 e. The predicted octanol–water partition coefficient (Wildman–Crippen LogP) is 3.35. The summed E-state index contributed by atoms with van der Waals surface area (Å²) in [6.45, 7) is -1.20. The standard InChI is InChI=1S/C23H21F6N3O4S/c1-37(35,36)32-12-17(24)18(19(25)20(32)26)22(34,10-13-5-3-2-4-6-13)21(33)31-15-8-7-14(11-30)16(9-15)23(27,28)29/h2-9,17-20,34H,10,12H2,1H3,(H,31,33). The van der Waals surface area contributed by atoms with Gasteiger partial charge >= 0.3 is 6.18 Å². The second-order valence-electron chi connectivity index (χ2n) is 8.60. The molecule has 1 fully saturated rings. The number of rotatable bonds is 6. The normalized spacial score (nSPS) is 24.6. The maximum atomic E-state index is 15.2. The van der Waals surface area contributed by atoms with Gasteiger partial charge in [-0.05, 0) is 23.8 Å². The molecule has 37 heavy (non-hydrogen) atoms. The zero-order valence-electron chi connectivity index (χ0n) is 19.1. The van der Waals surface area contributed by atoms with Crippen LogP contribution in [0, 0.1) is 17.2 Å². The molecule has 1 amide bonds. The molecule has 3 rings (SSSR count). The van der Waals surface area contributed by atoms with Crippen LogP contribution in [0.1, 0.15) is 16.7 Å². The Morgan fingerprint density at radius 3 is 2.32 bits per heavy atom. The van der Waals surface area contributed by atoms with E-state index >= 15 is 8.78 Å². The van der Waals surface area contributed by atoms with Crippen molar-refractivity contribution >= 4 is 21.6 Å². The summed E-state index contributed by atoms with van der Waals surface area (Å²) in [5.74, 6) is -3.98. The van der Waals surface area contributed by atoms with Gasteiger partial charge in [-0.1, -0.05) is 30.3 Å². The number of hydrogen-bond acceptors (Lipinski definition) is 5. The van der Waals surface area contributed by atoms with E-state index in [9.17, 15) is 35.9 Å². The van der Waals surface area contributed by atoms with Crippen LogP contribution in [0.15, 0.2) is 48.5 Å². The highest BCUT2D eigenvalue weighted by Crippen LogP contribution is 2.40. The highest BCUT2D eigenvalue weighted by Gasteiger charge is 2.59. The van der Waals surface area contributed by atoms with Gasteiger partial charge in [0.25, 0.3) is 5.91 Å². The molecule has 0 radical (unpaired) electrons. The van der Waals surface area contributed by atoms with Crippen molar-refractivity contribution in [2.24, 2.45) is 5.92 Å². The third kappa shape index (κ3) is 5.89. The quantitative estimate of drug-likeness (QED) is 0.424. The van der Waals surface area contributed by atoms with Crippen LogP contribution in [0.5, 0.6) is 0 Å². The van der Waals surface area contributed by atoms with Crippen LogP contribution in [0.25, 0.3) is 0 Å². The molecule has 0 aromatic heterocycles. The monoisotopic (exact) mass is 549 g/mol. The van der Waals surface area contributed by atoms with Gasteiger partial charge in [-0.25, -0.2) is 21.6 Å². The van der Waals surface area contributed by atoms with Crippen molar-refractivity contribution in [1.29, 1.82) is 5.26 Å². The summed E-state index contributed by atoms with van der Waals surface area (Å²) >= 11 is 0. The van der Waals surface area contributed by atoms with E-state index < -0.39 is 82.0 Å². The Labute approximate surface area is 208 Å². The highest BCUT2D eigenvalue weighted by atomic mass is 32.2. The van der Waals surface area contributed by atoms with Crippen LogP contribution < -0.4 is 5.32 Å². The fourth-order valence-electron chi connectivity index (χ4n) is 4.25. The number of carbonyl (C=O) groups excluding carboxylic acids is 1. The Hall–Kier alpha value is -3.15. The molecule has 2 N–H and O–H groups in total. The third-order valence-electron chi connectivity index (χ3n) is 6.02. The van der Waals surface area contributed by atoms with Gasteiger partial charge in [-0.15, -0.1) is 0 Å². The molecule has 0 bridgehead atoms. The second-order valence-corrected chi connectivity index (χ2v) is 10.5. The molecule has 2 aromatic carbocycles. The lowest BCUT2D eigenvalue weighted by atomic mass is 9.74. The minimum absolute atomic E-state index is 0.0735. The molecule has 1 heterocycles. The van der Waals surface area contributed by atoms with E-state index in [1.54, 1.807) is 6.07 Å². The number of piperidine rings is 1. The summed E-state index contributed by atoms with van der Waals surface area (Å²) in [7, 11) is -4.40. The fourth-order valence-corrected chi connectivity index (χ4v) is 5.14. The molecule has 200 valence electrons. The zero-order valence-corrected chi connectivity index (χ0v) is 19.9. The number of amides is 1. The minimum Gasteiger partial charge on any atom is -0.379 e. The van der Waals surface area contributed by atoms with Gasteiger partial charge in [0.1, 0.15) is 6.17 Å². The van der Waals surface area contributed by atoms with Crippen molar-refractivity contribution in [3.63, 3.8) is 0 Å². The molecule has 7 nitrogen and oxygen atoms in total. The number of benzene rings is 2.